The lowest BCUT2D eigenvalue weighted by atomic mass is 10.1. The Morgan fingerprint density at radius 2 is 1.88 bits per heavy atom. The molecule has 26 heavy (non-hydrogen) atoms. The van der Waals surface area contributed by atoms with Gasteiger partial charge in [0.05, 0.1) is 10.6 Å². The van der Waals surface area contributed by atoms with Gasteiger partial charge in [0.25, 0.3) is 5.69 Å². The van der Waals surface area contributed by atoms with Crippen LogP contribution in [0.25, 0.3) is 11.3 Å². The first-order valence-electron chi connectivity index (χ1n) is 7.64. The molecule has 0 radical (unpaired) electrons. The number of aryl methyl sites for hydroxylation is 1. The van der Waals surface area contributed by atoms with Gasteiger partial charge in [-0.3, -0.25) is 15.5 Å². The largest absolute Gasteiger partial charge is 0.335 e. The zero-order valence-electron chi connectivity index (χ0n) is 13.7. The second-order valence-electron chi connectivity index (χ2n) is 5.50. The highest BCUT2D eigenvalue weighted by molar-refractivity contribution is 7.80. The van der Waals surface area contributed by atoms with Crippen LogP contribution in [0.5, 0.6) is 0 Å². The molecule has 0 unspecified atom stereocenters. The molecule has 132 valence electrons. The van der Waals surface area contributed by atoms with Crippen LogP contribution in [0.15, 0.2) is 54.7 Å². The van der Waals surface area contributed by atoms with Crippen molar-refractivity contribution in [1.82, 2.24) is 9.66 Å². The Bertz CT molecular complexity index is 1020. The maximum Gasteiger partial charge on any atom is 0.269 e. The maximum atomic E-state index is 10.8. The normalized spacial score (nSPS) is 10.3. The maximum absolute atomic E-state index is 10.8. The Balaban J connectivity index is 1.84. The molecule has 0 saturated heterocycles. The second-order valence-corrected chi connectivity index (χ2v) is 6.29. The summed E-state index contributed by atoms with van der Waals surface area (Å²) in [6.07, 6.45) is 1.72. The Labute approximate surface area is 159 Å². The van der Waals surface area contributed by atoms with E-state index in [9.17, 15) is 10.1 Å². The number of hydrogen-bond acceptors (Lipinski definition) is 4. The van der Waals surface area contributed by atoms with Crippen molar-refractivity contribution < 1.29 is 4.92 Å². The van der Waals surface area contributed by atoms with Crippen LogP contribution in [0, 0.1) is 21.8 Å². The average Bonchev–Trinajstić information content (AvgIpc) is 2.97. The summed E-state index contributed by atoms with van der Waals surface area (Å²) in [5, 5.41) is 14.3. The highest BCUT2D eigenvalue weighted by Crippen LogP contribution is 2.22. The molecule has 2 aromatic carbocycles. The number of nitrogens with zero attached hydrogens (tertiary/aromatic N) is 2. The molecule has 1 aromatic heterocycles. The van der Waals surface area contributed by atoms with Gasteiger partial charge in [-0.2, -0.15) is 0 Å². The SMILES string of the molecule is Cc1ccccc1NC(=S)Nn1c(-c2ccc([N+](=O)[O-])cc2)c[nH]c1=S. The second kappa shape index (κ2) is 7.46. The Hall–Kier alpha value is -3.04. The van der Waals surface area contributed by atoms with Crippen molar-refractivity contribution in [2.75, 3.05) is 10.7 Å². The van der Waals surface area contributed by atoms with Crippen molar-refractivity contribution in [2.24, 2.45) is 0 Å². The number of thiocarbonyl (C=S) groups is 1. The number of H-pyrrole nitrogens is 1. The molecule has 0 aliphatic heterocycles. The van der Waals surface area contributed by atoms with Crippen LogP contribution in [0.3, 0.4) is 0 Å². The third-order valence-electron chi connectivity index (χ3n) is 3.76. The lowest BCUT2D eigenvalue weighted by Gasteiger charge is -2.15. The Morgan fingerprint density at radius 3 is 2.54 bits per heavy atom. The van der Waals surface area contributed by atoms with Gasteiger partial charge < -0.3 is 10.3 Å². The van der Waals surface area contributed by atoms with Crippen LogP contribution in [0.2, 0.25) is 0 Å². The molecule has 1 heterocycles. The molecule has 0 saturated carbocycles. The zero-order chi connectivity index (χ0) is 18.7. The van der Waals surface area contributed by atoms with Crippen LogP contribution >= 0.6 is 24.4 Å². The molecule has 7 nitrogen and oxygen atoms in total. The zero-order valence-corrected chi connectivity index (χ0v) is 15.4. The number of nitro groups is 1. The monoisotopic (exact) mass is 385 g/mol. The minimum atomic E-state index is -0.438. The minimum absolute atomic E-state index is 0.0270. The van der Waals surface area contributed by atoms with E-state index >= 15 is 0 Å². The number of nitrogens with one attached hydrogen (secondary N) is 3. The van der Waals surface area contributed by atoms with Crippen molar-refractivity contribution >= 4 is 40.9 Å². The number of aromatic amines is 1. The quantitative estimate of drug-likeness (QED) is 0.351. The Kier molecular flexibility index (Phi) is 5.10. The summed E-state index contributed by atoms with van der Waals surface area (Å²) in [6, 6.07) is 14.0. The van der Waals surface area contributed by atoms with Gasteiger partial charge in [0, 0.05) is 29.6 Å². The number of benzene rings is 2. The van der Waals surface area contributed by atoms with E-state index in [2.05, 4.69) is 15.7 Å². The van der Waals surface area contributed by atoms with E-state index in [0.717, 1.165) is 16.8 Å². The molecule has 0 atom stereocenters. The van der Waals surface area contributed by atoms with E-state index in [0.29, 0.717) is 15.6 Å². The van der Waals surface area contributed by atoms with E-state index in [4.69, 9.17) is 24.4 Å². The number of imidazole rings is 1. The predicted molar refractivity (Wildman–Crippen MR) is 108 cm³/mol. The van der Waals surface area contributed by atoms with Gasteiger partial charge in [-0.1, -0.05) is 18.2 Å². The first-order chi connectivity index (χ1) is 12.5. The lowest BCUT2D eigenvalue weighted by molar-refractivity contribution is -0.384. The molecule has 0 aliphatic rings. The summed E-state index contributed by atoms with van der Waals surface area (Å²) in [6.45, 7) is 1.98. The van der Waals surface area contributed by atoms with E-state index in [-0.39, 0.29) is 5.69 Å². The highest BCUT2D eigenvalue weighted by atomic mass is 32.1. The van der Waals surface area contributed by atoms with Gasteiger partial charge in [-0.05, 0) is 55.1 Å². The molecule has 3 N–H and O–H groups in total. The molecule has 3 aromatic rings. The summed E-state index contributed by atoms with van der Waals surface area (Å²) in [7, 11) is 0. The molecule has 0 spiro atoms. The first kappa shape index (κ1) is 17.8. The van der Waals surface area contributed by atoms with Crippen molar-refractivity contribution in [3.8, 4) is 11.3 Å². The fraction of sp³-hybridized carbons (Fsp3) is 0.0588. The third kappa shape index (κ3) is 3.79. The van der Waals surface area contributed by atoms with Gasteiger partial charge in [0.15, 0.2) is 9.88 Å². The minimum Gasteiger partial charge on any atom is -0.335 e. The van der Waals surface area contributed by atoms with Crippen LogP contribution in [-0.4, -0.2) is 19.7 Å². The summed E-state index contributed by atoms with van der Waals surface area (Å²) < 4.78 is 2.04. The van der Waals surface area contributed by atoms with E-state index < -0.39 is 4.92 Å². The van der Waals surface area contributed by atoms with Gasteiger partial charge >= 0.3 is 0 Å². The molecule has 0 amide bonds. The van der Waals surface area contributed by atoms with E-state index in [1.807, 2.05) is 31.2 Å². The fourth-order valence-corrected chi connectivity index (χ4v) is 2.82. The number of aromatic nitrogens is 2. The fourth-order valence-electron chi connectivity index (χ4n) is 2.41. The molecular formula is C17H15N5O2S2. The van der Waals surface area contributed by atoms with Crippen LogP contribution in [0.1, 0.15) is 5.56 Å². The van der Waals surface area contributed by atoms with Crippen LogP contribution < -0.4 is 10.7 Å². The highest BCUT2D eigenvalue weighted by Gasteiger charge is 2.11. The van der Waals surface area contributed by atoms with Crippen molar-refractivity contribution in [1.29, 1.82) is 0 Å². The molecular weight excluding hydrogens is 370 g/mol. The molecule has 9 heteroatoms. The molecule has 0 fully saturated rings. The standard InChI is InChI=1S/C17H15N5O2S2/c1-11-4-2-3-5-14(11)19-16(25)20-21-15(10-18-17(21)26)12-6-8-13(9-7-12)22(23)24/h2-10H,1H3,(H,18,26)(H2,19,20,25). The first-order valence-corrected chi connectivity index (χ1v) is 8.46. The molecule has 3 rings (SSSR count). The summed E-state index contributed by atoms with van der Waals surface area (Å²) in [4.78, 5) is 13.3. The van der Waals surface area contributed by atoms with Crippen molar-refractivity contribution in [3.05, 3.63) is 75.2 Å². The predicted octanol–water partition coefficient (Wildman–Crippen LogP) is 4.37. The van der Waals surface area contributed by atoms with Gasteiger partial charge in [-0.15, -0.1) is 0 Å². The number of non-ortho nitro benzene ring substituents is 1. The number of para-hydroxylation sites is 1. The average molecular weight is 385 g/mol. The Morgan fingerprint density at radius 1 is 1.19 bits per heavy atom. The molecule has 0 aliphatic carbocycles. The summed E-state index contributed by atoms with van der Waals surface area (Å²) in [5.74, 6) is 0. The number of anilines is 1. The van der Waals surface area contributed by atoms with E-state index in [1.165, 1.54) is 12.1 Å². The lowest BCUT2D eigenvalue weighted by Crippen LogP contribution is -2.28. The molecule has 0 bridgehead atoms. The number of hydrogen-bond donors (Lipinski definition) is 3. The number of rotatable bonds is 4. The summed E-state index contributed by atoms with van der Waals surface area (Å²) >= 11 is 10.7. The van der Waals surface area contributed by atoms with Crippen LogP contribution in [0.4, 0.5) is 11.4 Å². The smallest absolute Gasteiger partial charge is 0.269 e. The summed E-state index contributed by atoms with van der Waals surface area (Å²) in [5.41, 5.74) is 6.48. The third-order valence-corrected chi connectivity index (χ3v) is 4.25. The van der Waals surface area contributed by atoms with Crippen molar-refractivity contribution in [3.63, 3.8) is 0 Å². The van der Waals surface area contributed by atoms with E-state index in [1.54, 1.807) is 23.0 Å². The van der Waals surface area contributed by atoms with Gasteiger partial charge in [-0.25, -0.2) is 4.68 Å². The van der Waals surface area contributed by atoms with Crippen LogP contribution in [-0.2, 0) is 0 Å². The number of nitro benzene ring substituents is 1. The van der Waals surface area contributed by atoms with Gasteiger partial charge in [0.1, 0.15) is 0 Å². The van der Waals surface area contributed by atoms with Crippen molar-refractivity contribution in [2.45, 2.75) is 6.92 Å². The topological polar surface area (TPSA) is 87.9 Å². The van der Waals surface area contributed by atoms with Gasteiger partial charge in [0.2, 0.25) is 0 Å².